The molecule has 0 aliphatic carbocycles. The lowest BCUT2D eigenvalue weighted by atomic mass is 10.1. The number of fused-ring (bicyclic) bond motifs is 4. The van der Waals surface area contributed by atoms with Crippen molar-refractivity contribution in [1.29, 1.82) is 0 Å². The first kappa shape index (κ1) is 18.9. The van der Waals surface area contributed by atoms with Gasteiger partial charge in [0.25, 0.3) is 0 Å². The lowest BCUT2D eigenvalue weighted by molar-refractivity contribution is 0.669. The van der Waals surface area contributed by atoms with E-state index in [-0.39, 0.29) is 0 Å². The van der Waals surface area contributed by atoms with Gasteiger partial charge in [-0.05, 0) is 24.3 Å². The van der Waals surface area contributed by atoms with Crippen molar-refractivity contribution in [3.63, 3.8) is 0 Å². The van der Waals surface area contributed by atoms with E-state index >= 15 is 0 Å². The molecule has 156 valence electrons. The van der Waals surface area contributed by atoms with Crippen LogP contribution in [0.15, 0.2) is 77.5 Å². The van der Waals surface area contributed by atoms with E-state index in [2.05, 4.69) is 59.1 Å². The Morgan fingerprint density at radius 3 is 2.53 bits per heavy atom. The molecule has 0 saturated heterocycles. The Morgan fingerprint density at radius 1 is 0.875 bits per heavy atom. The quantitative estimate of drug-likeness (QED) is 0.352. The van der Waals surface area contributed by atoms with Gasteiger partial charge in [-0.25, -0.2) is 9.97 Å². The third kappa shape index (κ3) is 2.85. The number of imidazole rings is 1. The predicted molar refractivity (Wildman–Crippen MR) is 130 cm³/mol. The van der Waals surface area contributed by atoms with E-state index in [0.29, 0.717) is 11.3 Å². The zero-order chi connectivity index (χ0) is 21.9. The second kappa shape index (κ2) is 6.83. The Labute approximate surface area is 185 Å². The van der Waals surface area contributed by atoms with E-state index in [4.69, 9.17) is 9.40 Å². The molecule has 6 nitrogen and oxygen atoms in total. The number of nitrogens with zero attached hydrogens (tertiary/aromatic N) is 5. The van der Waals surface area contributed by atoms with Crippen LogP contribution in [0.1, 0.15) is 0 Å². The van der Waals surface area contributed by atoms with E-state index in [1.807, 2.05) is 47.0 Å². The normalized spacial score (nSPS) is 12.2. The van der Waals surface area contributed by atoms with E-state index < -0.39 is 8.07 Å². The number of rotatable bonds is 3. The first-order valence-electron chi connectivity index (χ1n) is 10.6. The van der Waals surface area contributed by atoms with Gasteiger partial charge < -0.3 is 4.42 Å². The molecule has 0 amide bonds. The summed E-state index contributed by atoms with van der Waals surface area (Å²) in [4.78, 5) is 9.18. The van der Waals surface area contributed by atoms with Crippen LogP contribution in [0.3, 0.4) is 0 Å². The van der Waals surface area contributed by atoms with Crippen molar-refractivity contribution in [3.05, 3.63) is 73.1 Å². The Bertz CT molecular complexity index is 1610. The largest absolute Gasteiger partial charge is 0.455 e. The lowest BCUT2D eigenvalue weighted by Gasteiger charge is -2.15. The average molecular weight is 436 g/mol. The maximum absolute atomic E-state index is 6.47. The topological polar surface area (TPSA) is 69.6 Å². The van der Waals surface area contributed by atoms with Gasteiger partial charge in [0.05, 0.1) is 13.6 Å². The highest BCUT2D eigenvalue weighted by Crippen LogP contribution is 2.37. The van der Waals surface area contributed by atoms with Gasteiger partial charge in [-0.1, -0.05) is 67.3 Å². The van der Waals surface area contributed by atoms with Crippen LogP contribution in [0.2, 0.25) is 19.6 Å². The molecule has 0 fully saturated rings. The van der Waals surface area contributed by atoms with E-state index in [9.17, 15) is 0 Å². The highest BCUT2D eigenvalue weighted by Gasteiger charge is 2.22. The molecule has 6 rings (SSSR count). The van der Waals surface area contributed by atoms with Crippen LogP contribution in [-0.4, -0.2) is 32.8 Å². The summed E-state index contributed by atoms with van der Waals surface area (Å²) >= 11 is 0. The molecule has 0 aliphatic rings. The summed E-state index contributed by atoms with van der Waals surface area (Å²) in [5.74, 6) is 0.731. The van der Waals surface area contributed by atoms with Gasteiger partial charge in [0, 0.05) is 16.5 Å². The van der Waals surface area contributed by atoms with Gasteiger partial charge in [-0.15, -0.1) is 10.2 Å². The first-order valence-corrected chi connectivity index (χ1v) is 14.1. The maximum Gasteiger partial charge on any atom is 0.206 e. The molecular formula is C25H21N5OSi. The Kier molecular flexibility index (Phi) is 4.03. The van der Waals surface area contributed by atoms with Crippen molar-refractivity contribution >= 4 is 46.5 Å². The van der Waals surface area contributed by atoms with E-state index in [1.54, 1.807) is 0 Å². The summed E-state index contributed by atoms with van der Waals surface area (Å²) in [5.41, 5.74) is 4.73. The smallest absolute Gasteiger partial charge is 0.206 e. The lowest BCUT2D eigenvalue weighted by Crippen LogP contribution is -2.37. The molecule has 6 aromatic rings. The van der Waals surface area contributed by atoms with Crippen LogP contribution in [0.4, 0.5) is 0 Å². The summed E-state index contributed by atoms with van der Waals surface area (Å²) in [7, 11) is -1.45. The third-order valence-electron chi connectivity index (χ3n) is 5.84. The molecule has 0 aliphatic heterocycles. The third-order valence-corrected chi connectivity index (χ3v) is 7.88. The van der Waals surface area contributed by atoms with Crippen LogP contribution in [-0.2, 0) is 0 Å². The fourth-order valence-electron chi connectivity index (χ4n) is 4.18. The molecule has 0 bridgehead atoms. The SMILES string of the molecule is C[Si](C)(C)c1ccc2c(c1)oc1c(-c3nc4ncnnc4n3-c3ccccc3)cccc12. The first-order chi connectivity index (χ1) is 15.5. The Morgan fingerprint density at radius 2 is 1.72 bits per heavy atom. The fourth-order valence-corrected chi connectivity index (χ4v) is 5.33. The van der Waals surface area contributed by atoms with Gasteiger partial charge in [0.1, 0.15) is 17.5 Å². The second-order valence-electron chi connectivity index (χ2n) is 8.96. The van der Waals surface area contributed by atoms with Crippen LogP contribution < -0.4 is 5.19 Å². The molecule has 0 unspecified atom stereocenters. The minimum absolute atomic E-state index is 0.549. The molecule has 32 heavy (non-hydrogen) atoms. The van der Waals surface area contributed by atoms with Crippen molar-refractivity contribution in [2.75, 3.05) is 0 Å². The zero-order valence-electron chi connectivity index (χ0n) is 18.1. The summed E-state index contributed by atoms with van der Waals surface area (Å²) in [6, 6.07) is 22.9. The highest BCUT2D eigenvalue weighted by molar-refractivity contribution is 6.88. The van der Waals surface area contributed by atoms with Crippen molar-refractivity contribution in [1.82, 2.24) is 24.7 Å². The summed E-state index contributed by atoms with van der Waals surface area (Å²) in [6.07, 6.45) is 1.42. The molecule has 3 aromatic carbocycles. The summed E-state index contributed by atoms with van der Waals surface area (Å²) < 4.78 is 8.46. The van der Waals surface area contributed by atoms with Gasteiger partial charge >= 0.3 is 0 Å². The molecule has 3 heterocycles. The fraction of sp³-hybridized carbons (Fsp3) is 0.120. The van der Waals surface area contributed by atoms with E-state index in [1.165, 1.54) is 11.5 Å². The van der Waals surface area contributed by atoms with E-state index in [0.717, 1.165) is 39.0 Å². The number of furan rings is 1. The highest BCUT2D eigenvalue weighted by atomic mass is 28.3. The molecule has 0 radical (unpaired) electrons. The molecular weight excluding hydrogens is 414 g/mol. The van der Waals surface area contributed by atoms with Gasteiger partial charge in [0.2, 0.25) is 11.3 Å². The zero-order valence-corrected chi connectivity index (χ0v) is 19.1. The number of hydrogen-bond acceptors (Lipinski definition) is 5. The molecule has 7 heteroatoms. The predicted octanol–water partition coefficient (Wildman–Crippen LogP) is 5.32. The maximum atomic E-state index is 6.47. The van der Waals surface area contributed by atoms with Crippen LogP contribution in [0.25, 0.3) is 50.3 Å². The summed E-state index contributed by atoms with van der Waals surface area (Å²) in [5, 5.41) is 11.9. The van der Waals surface area contributed by atoms with Crippen molar-refractivity contribution in [2.45, 2.75) is 19.6 Å². The number of para-hydroxylation sites is 2. The standard InChI is InChI=1S/C25H21N5OSi/c1-32(2,3)17-12-13-18-19-10-7-11-20(22(19)31-21(18)14-17)24-28-23-25(29-27-15-26-23)30(24)16-8-5-4-6-9-16/h4-15H,1-3H3. The molecule has 3 aromatic heterocycles. The van der Waals surface area contributed by atoms with Crippen molar-refractivity contribution in [3.8, 4) is 17.1 Å². The molecule has 0 atom stereocenters. The number of hydrogen-bond donors (Lipinski definition) is 0. The van der Waals surface area contributed by atoms with Gasteiger partial charge in [-0.2, -0.15) is 0 Å². The van der Waals surface area contributed by atoms with Crippen molar-refractivity contribution < 1.29 is 4.42 Å². The summed E-state index contributed by atoms with van der Waals surface area (Å²) in [6.45, 7) is 7.04. The van der Waals surface area contributed by atoms with Crippen LogP contribution >= 0.6 is 0 Å². The van der Waals surface area contributed by atoms with Gasteiger partial charge in [-0.3, -0.25) is 4.57 Å². The minimum Gasteiger partial charge on any atom is -0.455 e. The van der Waals surface area contributed by atoms with Crippen LogP contribution in [0.5, 0.6) is 0 Å². The number of benzene rings is 3. The minimum atomic E-state index is -1.45. The molecule has 0 saturated carbocycles. The number of aromatic nitrogens is 5. The Balaban J connectivity index is 1.67. The van der Waals surface area contributed by atoms with Gasteiger partial charge in [0.15, 0.2) is 5.82 Å². The second-order valence-corrected chi connectivity index (χ2v) is 14.0. The average Bonchev–Trinajstić information content (AvgIpc) is 3.37. The van der Waals surface area contributed by atoms with Crippen molar-refractivity contribution in [2.24, 2.45) is 0 Å². The van der Waals surface area contributed by atoms with Crippen LogP contribution in [0, 0.1) is 0 Å². The monoisotopic (exact) mass is 435 g/mol. The molecule has 0 spiro atoms. The molecule has 0 N–H and O–H groups in total. The Hall–Kier alpha value is -3.84.